The maximum absolute atomic E-state index is 10.9. The molecule has 10 heteroatoms. The third-order valence-corrected chi connectivity index (χ3v) is 8.29. The third kappa shape index (κ3) is 5.93. The number of aromatic nitrogens is 4. The fraction of sp³-hybridized carbons (Fsp3) is 0.433. The highest BCUT2D eigenvalue weighted by Crippen LogP contribution is 2.30. The van der Waals surface area contributed by atoms with Crippen molar-refractivity contribution in [2.75, 3.05) is 36.8 Å². The van der Waals surface area contributed by atoms with E-state index in [1.54, 1.807) is 4.68 Å². The first-order chi connectivity index (χ1) is 18.9. The van der Waals surface area contributed by atoms with E-state index < -0.39 is 5.60 Å². The van der Waals surface area contributed by atoms with Gasteiger partial charge in [-0.05, 0) is 87.0 Å². The number of rotatable bonds is 7. The van der Waals surface area contributed by atoms with Crippen molar-refractivity contribution in [3.05, 3.63) is 64.8 Å². The molecule has 0 aliphatic carbocycles. The predicted molar refractivity (Wildman–Crippen MR) is 163 cm³/mol. The highest BCUT2D eigenvalue weighted by atomic mass is 35.5. The van der Waals surface area contributed by atoms with Crippen LogP contribution in [0.2, 0.25) is 0 Å². The van der Waals surface area contributed by atoms with Crippen LogP contribution in [0.25, 0.3) is 11.0 Å². The number of piperidine rings is 1. The Morgan fingerprint density at radius 2 is 1.82 bits per heavy atom. The van der Waals surface area contributed by atoms with Gasteiger partial charge in [0.25, 0.3) is 0 Å². The molecule has 4 aromatic rings. The van der Waals surface area contributed by atoms with E-state index in [0.29, 0.717) is 5.95 Å². The van der Waals surface area contributed by atoms with E-state index >= 15 is 0 Å². The lowest BCUT2D eigenvalue weighted by atomic mass is 9.88. The van der Waals surface area contributed by atoms with Gasteiger partial charge in [-0.1, -0.05) is 24.3 Å². The first kappa shape index (κ1) is 28.3. The molecule has 0 bridgehead atoms. The number of hydrogen-bond donors (Lipinski definition) is 4. The zero-order valence-electron chi connectivity index (χ0n) is 23.5. The lowest BCUT2D eigenvalue weighted by Crippen LogP contribution is -2.44. The van der Waals surface area contributed by atoms with Crippen LogP contribution in [-0.2, 0) is 20.0 Å². The topological polar surface area (TPSA) is 103 Å². The summed E-state index contributed by atoms with van der Waals surface area (Å²) in [6, 6.07) is 12.8. The van der Waals surface area contributed by atoms with Crippen LogP contribution in [0, 0.1) is 13.8 Å². The highest BCUT2D eigenvalue weighted by molar-refractivity contribution is 5.90. The van der Waals surface area contributed by atoms with Crippen molar-refractivity contribution in [1.82, 2.24) is 30.0 Å². The normalized spacial score (nSPS) is 16.8. The lowest BCUT2D eigenvalue weighted by molar-refractivity contribution is -0.00662. The van der Waals surface area contributed by atoms with E-state index in [9.17, 15) is 5.11 Å². The van der Waals surface area contributed by atoms with E-state index in [0.717, 1.165) is 86.6 Å². The standard InChI is InChI=1S/C30H38N8O.ClH/c1-20-5-4-6-21(2)26(20)34-27-25-18-32-29(35-28(25)37(3)36-27)33-24-8-7-22-9-15-38(19-23(22)17-24)16-12-30(39)10-13-31-14-11-30;/h4-8,17-18,31,39H,9-16,19H2,1-3H3,(H,34,36)(H,32,33,35);1H. The van der Waals surface area contributed by atoms with Crippen molar-refractivity contribution in [2.24, 2.45) is 7.05 Å². The van der Waals surface area contributed by atoms with Crippen molar-refractivity contribution in [3.63, 3.8) is 0 Å². The van der Waals surface area contributed by atoms with E-state index in [1.807, 2.05) is 13.2 Å². The summed E-state index contributed by atoms with van der Waals surface area (Å²) in [5.74, 6) is 1.30. The molecule has 2 aliphatic heterocycles. The molecule has 40 heavy (non-hydrogen) atoms. The molecule has 0 unspecified atom stereocenters. The second kappa shape index (κ2) is 11.7. The predicted octanol–water partition coefficient (Wildman–Crippen LogP) is 4.75. The van der Waals surface area contributed by atoms with Gasteiger partial charge in [0.05, 0.1) is 11.0 Å². The largest absolute Gasteiger partial charge is 0.390 e. The van der Waals surface area contributed by atoms with Gasteiger partial charge in [0.1, 0.15) is 0 Å². The molecule has 1 fully saturated rings. The highest BCUT2D eigenvalue weighted by Gasteiger charge is 2.30. The molecular formula is C30H39ClN8O. The third-order valence-electron chi connectivity index (χ3n) is 8.29. The van der Waals surface area contributed by atoms with Gasteiger partial charge >= 0.3 is 0 Å². The van der Waals surface area contributed by atoms with Crippen molar-refractivity contribution >= 4 is 46.6 Å². The Morgan fingerprint density at radius 3 is 2.60 bits per heavy atom. The molecule has 6 rings (SSSR count). The van der Waals surface area contributed by atoms with Crippen LogP contribution in [0.4, 0.5) is 23.1 Å². The van der Waals surface area contributed by atoms with Gasteiger partial charge in [0.15, 0.2) is 11.5 Å². The fourth-order valence-electron chi connectivity index (χ4n) is 5.84. The molecule has 0 amide bonds. The molecule has 2 aromatic heterocycles. The molecule has 1 saturated heterocycles. The van der Waals surface area contributed by atoms with Gasteiger partial charge in [0.2, 0.25) is 5.95 Å². The van der Waals surface area contributed by atoms with Crippen molar-refractivity contribution in [1.29, 1.82) is 0 Å². The van der Waals surface area contributed by atoms with Crippen LogP contribution < -0.4 is 16.0 Å². The number of hydrogen-bond acceptors (Lipinski definition) is 8. The Kier molecular flexibility index (Phi) is 8.28. The molecular weight excluding hydrogens is 524 g/mol. The van der Waals surface area contributed by atoms with Crippen LogP contribution in [-0.4, -0.2) is 61.5 Å². The Morgan fingerprint density at radius 1 is 1.05 bits per heavy atom. The number of anilines is 4. The minimum Gasteiger partial charge on any atom is -0.390 e. The zero-order valence-corrected chi connectivity index (χ0v) is 24.3. The number of benzene rings is 2. The average Bonchev–Trinajstić information content (AvgIpc) is 3.24. The molecule has 0 radical (unpaired) electrons. The number of para-hydroxylation sites is 1. The van der Waals surface area contributed by atoms with Crippen LogP contribution >= 0.6 is 12.4 Å². The summed E-state index contributed by atoms with van der Waals surface area (Å²) in [4.78, 5) is 11.9. The van der Waals surface area contributed by atoms with Gasteiger partial charge in [0, 0.05) is 44.3 Å². The van der Waals surface area contributed by atoms with Crippen molar-refractivity contribution in [3.8, 4) is 0 Å². The van der Waals surface area contributed by atoms with Gasteiger partial charge in [-0.25, -0.2) is 9.67 Å². The van der Waals surface area contributed by atoms with Crippen LogP contribution in [0.5, 0.6) is 0 Å². The number of halogens is 1. The number of fused-ring (bicyclic) bond motifs is 2. The number of aryl methyl sites for hydroxylation is 3. The van der Waals surface area contributed by atoms with E-state index in [1.165, 1.54) is 22.3 Å². The molecule has 4 heterocycles. The molecule has 2 aromatic carbocycles. The summed E-state index contributed by atoms with van der Waals surface area (Å²) in [6.07, 6.45) is 5.38. The maximum Gasteiger partial charge on any atom is 0.229 e. The summed E-state index contributed by atoms with van der Waals surface area (Å²) >= 11 is 0. The first-order valence-electron chi connectivity index (χ1n) is 13.9. The first-order valence-corrected chi connectivity index (χ1v) is 13.9. The fourth-order valence-corrected chi connectivity index (χ4v) is 5.84. The molecule has 0 spiro atoms. The number of nitrogens with one attached hydrogen (secondary N) is 3. The molecule has 212 valence electrons. The number of aliphatic hydroxyl groups is 1. The minimum atomic E-state index is -0.523. The second-order valence-corrected chi connectivity index (χ2v) is 11.2. The van der Waals surface area contributed by atoms with Gasteiger partial charge < -0.3 is 21.1 Å². The van der Waals surface area contributed by atoms with Gasteiger partial charge in [-0.15, -0.1) is 12.4 Å². The summed E-state index contributed by atoms with van der Waals surface area (Å²) in [5.41, 5.74) is 7.33. The summed E-state index contributed by atoms with van der Waals surface area (Å²) < 4.78 is 1.79. The lowest BCUT2D eigenvalue weighted by Gasteiger charge is -2.36. The van der Waals surface area contributed by atoms with Crippen LogP contribution in [0.1, 0.15) is 41.5 Å². The average molecular weight is 563 g/mol. The molecule has 0 atom stereocenters. The Labute approximate surface area is 241 Å². The van der Waals surface area contributed by atoms with Crippen LogP contribution in [0.15, 0.2) is 42.6 Å². The van der Waals surface area contributed by atoms with E-state index in [2.05, 4.69) is 81.2 Å². The van der Waals surface area contributed by atoms with Gasteiger partial charge in [-0.2, -0.15) is 10.1 Å². The second-order valence-electron chi connectivity index (χ2n) is 11.2. The Bertz CT molecular complexity index is 1480. The van der Waals surface area contributed by atoms with Crippen molar-refractivity contribution in [2.45, 2.75) is 51.7 Å². The summed E-state index contributed by atoms with van der Waals surface area (Å²) in [5, 5.41) is 26.7. The number of nitrogens with zero attached hydrogens (tertiary/aromatic N) is 5. The van der Waals surface area contributed by atoms with Crippen molar-refractivity contribution < 1.29 is 5.11 Å². The molecule has 0 saturated carbocycles. The quantitative estimate of drug-likeness (QED) is 0.256. The zero-order chi connectivity index (χ0) is 27.0. The van der Waals surface area contributed by atoms with Gasteiger partial charge in [-0.3, -0.25) is 4.90 Å². The summed E-state index contributed by atoms with van der Waals surface area (Å²) in [7, 11) is 1.91. The smallest absolute Gasteiger partial charge is 0.229 e. The molecule has 9 nitrogen and oxygen atoms in total. The maximum atomic E-state index is 10.9. The minimum absolute atomic E-state index is 0. The van der Waals surface area contributed by atoms with E-state index in [4.69, 9.17) is 4.98 Å². The summed E-state index contributed by atoms with van der Waals surface area (Å²) in [6.45, 7) is 8.85. The SMILES string of the molecule is Cc1cccc(C)c1Nc1nn(C)c2nc(Nc3ccc4c(c3)CN(CCC3(O)CCNCC3)CC4)ncc12.Cl. The Hall–Kier alpha value is -3.24. The molecule has 4 N–H and O–H groups in total. The molecule has 2 aliphatic rings. The Balaban J connectivity index is 0.00000323. The monoisotopic (exact) mass is 562 g/mol. The van der Waals surface area contributed by atoms with Crippen LogP contribution in [0.3, 0.4) is 0 Å². The van der Waals surface area contributed by atoms with E-state index in [-0.39, 0.29) is 12.4 Å².